The van der Waals surface area contributed by atoms with Crippen molar-refractivity contribution < 1.29 is 44.7 Å². The van der Waals surface area contributed by atoms with Crippen LogP contribution < -0.4 is 34.7 Å². The summed E-state index contributed by atoms with van der Waals surface area (Å²) in [6, 6.07) is 0. The van der Waals surface area contributed by atoms with E-state index in [2.05, 4.69) is 6.58 Å². The summed E-state index contributed by atoms with van der Waals surface area (Å²) >= 11 is 0. The van der Waals surface area contributed by atoms with Crippen molar-refractivity contribution in [1.82, 2.24) is 0 Å². The van der Waals surface area contributed by atoms with Gasteiger partial charge in [0, 0.05) is 0 Å². The molecule has 0 bridgehead atoms. The summed E-state index contributed by atoms with van der Waals surface area (Å²) in [6.07, 6.45) is 0.722. The van der Waals surface area contributed by atoms with E-state index in [9.17, 15) is 0 Å². The second kappa shape index (κ2) is 15.6. The number of carbonyl (C=O) groups excluding carboxylic acids is 1. The van der Waals surface area contributed by atoms with Gasteiger partial charge in [0.25, 0.3) is 0 Å². The van der Waals surface area contributed by atoms with Crippen LogP contribution in [0.15, 0.2) is 18.0 Å². The fourth-order valence-electron chi connectivity index (χ4n) is 0. The first-order valence-electron chi connectivity index (χ1n) is 1.49. The van der Waals surface area contributed by atoms with E-state index in [-0.39, 0.29) is 29.6 Å². The first-order chi connectivity index (χ1) is 3.68. The van der Waals surface area contributed by atoms with Crippen LogP contribution in [0, 0.1) is 4.91 Å². The Bertz CT molecular complexity index is 93.8. The van der Waals surface area contributed by atoms with Gasteiger partial charge in [-0.25, -0.2) is 0 Å². The largest absolute Gasteiger partial charge is 1.00 e. The summed E-state index contributed by atoms with van der Waals surface area (Å²) in [7, 11) is 0. The average molecular weight is 141 g/mol. The molecule has 0 aromatic rings. The number of carboxylic acid groups (broad SMARTS) is 1. The molecule has 0 rings (SSSR count). The summed E-state index contributed by atoms with van der Waals surface area (Å²) < 4.78 is 0. The van der Waals surface area contributed by atoms with Gasteiger partial charge in [-0.15, -0.1) is 4.91 Å². The Hall–Kier alpha value is -0.390. The second-order valence-corrected chi connectivity index (χ2v) is 0.605. The van der Waals surface area contributed by atoms with E-state index in [1.165, 1.54) is 5.34 Å². The molecule has 0 aromatic heterocycles. The Morgan fingerprint density at radius 1 is 1.78 bits per heavy atom. The summed E-state index contributed by atoms with van der Waals surface area (Å²) in [6.45, 7) is 2.90. The van der Waals surface area contributed by atoms with Crippen LogP contribution in [-0.2, 0) is 4.79 Å². The predicted octanol–water partition coefficient (Wildman–Crippen LogP) is -3.93. The third-order valence-corrected chi connectivity index (χ3v) is 0.167. The molecule has 0 atom stereocenters. The maximum atomic E-state index is 9.14. The summed E-state index contributed by atoms with van der Waals surface area (Å²) in [5.41, 5.74) is 0. The van der Waals surface area contributed by atoms with Gasteiger partial charge in [0.05, 0.1) is 5.97 Å². The van der Waals surface area contributed by atoms with Gasteiger partial charge in [-0.2, -0.15) is 0 Å². The Kier molecular flexibility index (Phi) is 27.5. The molecule has 1 N–H and O–H groups in total. The Labute approximate surface area is 73.6 Å². The van der Waals surface area contributed by atoms with Gasteiger partial charge >= 0.3 is 29.6 Å². The van der Waals surface area contributed by atoms with Crippen molar-refractivity contribution in [2.24, 2.45) is 5.34 Å². The van der Waals surface area contributed by atoms with Crippen LogP contribution in [0.4, 0.5) is 0 Å². The molecule has 0 saturated heterocycles. The van der Waals surface area contributed by atoms with Crippen LogP contribution >= 0.6 is 0 Å². The Morgan fingerprint density at radius 2 is 1.89 bits per heavy atom. The van der Waals surface area contributed by atoms with E-state index in [0.717, 1.165) is 6.08 Å². The smallest absolute Gasteiger partial charge is 0.545 e. The molecular formula is C3H4NNaO4. The average Bonchev–Trinajstić information content (AvgIpc) is 1.69. The minimum absolute atomic E-state index is 0. The minimum atomic E-state index is -1.23. The second-order valence-electron chi connectivity index (χ2n) is 0.605. The number of nitrogens with zero attached hydrogens (tertiary/aromatic N) is 1. The van der Waals surface area contributed by atoms with Gasteiger partial charge in [-0.1, -0.05) is 6.58 Å². The molecule has 0 aliphatic carbocycles. The molecule has 0 aliphatic rings. The summed E-state index contributed by atoms with van der Waals surface area (Å²) in [5.74, 6) is -1.23. The van der Waals surface area contributed by atoms with Crippen molar-refractivity contribution in [3.63, 3.8) is 0 Å². The van der Waals surface area contributed by atoms with Crippen LogP contribution in [0.3, 0.4) is 0 Å². The van der Waals surface area contributed by atoms with Gasteiger partial charge in [0.15, 0.2) is 5.34 Å². The van der Waals surface area contributed by atoms with Gasteiger partial charge in [0.1, 0.15) is 0 Å². The first-order valence-corrected chi connectivity index (χ1v) is 1.49. The third-order valence-electron chi connectivity index (χ3n) is 0.167. The molecule has 0 radical (unpaired) electrons. The number of hydrogen-bond donors (Lipinski definition) is 1. The molecule has 0 spiro atoms. The van der Waals surface area contributed by atoms with E-state index in [4.69, 9.17) is 20.0 Å². The fourth-order valence-corrected chi connectivity index (χ4v) is 0. The normalized spacial score (nSPS) is 4.89. The molecule has 46 valence electrons. The van der Waals surface area contributed by atoms with Crippen molar-refractivity contribution >= 4 is 5.97 Å². The molecule has 9 heavy (non-hydrogen) atoms. The van der Waals surface area contributed by atoms with E-state index in [1.54, 1.807) is 0 Å². The Morgan fingerprint density at radius 3 is 1.89 bits per heavy atom. The molecule has 0 unspecified atom stereocenters. The van der Waals surface area contributed by atoms with Crippen molar-refractivity contribution in [2.45, 2.75) is 0 Å². The van der Waals surface area contributed by atoms with Crippen LogP contribution in [-0.4, -0.2) is 11.2 Å². The molecule has 5 nitrogen and oxygen atoms in total. The van der Waals surface area contributed by atoms with E-state index < -0.39 is 5.97 Å². The number of carbonyl (C=O) groups is 1. The van der Waals surface area contributed by atoms with Crippen LogP contribution in [0.1, 0.15) is 0 Å². The standard InChI is InChI=1S/C3H4O2.HNO2.Na/c1-2-3(4)5;2-1-3;/h2H,1H2,(H,4,5);(H,2,3);/q;;+1/p-1. The van der Waals surface area contributed by atoms with Gasteiger partial charge in [0.2, 0.25) is 0 Å². The van der Waals surface area contributed by atoms with Crippen molar-refractivity contribution in [3.8, 4) is 0 Å². The topological polar surface area (TPSA) is 89.8 Å². The number of carboxylic acids is 1. The molecular weight excluding hydrogens is 137 g/mol. The van der Waals surface area contributed by atoms with Crippen LogP contribution in [0.25, 0.3) is 0 Å². The van der Waals surface area contributed by atoms with Crippen LogP contribution in [0.5, 0.6) is 0 Å². The van der Waals surface area contributed by atoms with Gasteiger partial charge in [-0.05, 0) is 6.08 Å². The molecule has 0 fully saturated rings. The van der Waals surface area contributed by atoms with E-state index >= 15 is 0 Å². The summed E-state index contributed by atoms with van der Waals surface area (Å²) in [4.78, 5) is 17.2. The number of hydrogen-bond acceptors (Lipinski definition) is 4. The van der Waals surface area contributed by atoms with Gasteiger partial charge in [-0.3, -0.25) is 0 Å². The van der Waals surface area contributed by atoms with Crippen molar-refractivity contribution in [2.75, 3.05) is 0 Å². The number of aliphatic carboxylic acids is 1. The monoisotopic (exact) mass is 141 g/mol. The zero-order valence-electron chi connectivity index (χ0n) is 4.90. The van der Waals surface area contributed by atoms with Gasteiger partial charge < -0.3 is 15.1 Å². The molecule has 0 amide bonds. The quantitative estimate of drug-likeness (QED) is 0.175. The minimum Gasteiger partial charge on any atom is -0.545 e. The SMILES string of the molecule is C=CC(=O)[O-].O=NO.[Na+]. The predicted molar refractivity (Wildman–Crippen MR) is 22.8 cm³/mol. The first kappa shape index (κ1) is 15.8. The van der Waals surface area contributed by atoms with Crippen molar-refractivity contribution in [3.05, 3.63) is 17.6 Å². The maximum Gasteiger partial charge on any atom is 1.00 e. The summed E-state index contributed by atoms with van der Waals surface area (Å²) in [5, 5.41) is 17.0. The molecule has 0 heterocycles. The third kappa shape index (κ3) is 92.4. The van der Waals surface area contributed by atoms with E-state index in [0.29, 0.717) is 0 Å². The van der Waals surface area contributed by atoms with E-state index in [1.807, 2.05) is 0 Å². The zero-order valence-corrected chi connectivity index (χ0v) is 6.90. The van der Waals surface area contributed by atoms with Crippen LogP contribution in [0.2, 0.25) is 0 Å². The molecule has 0 saturated carbocycles. The molecule has 0 aliphatic heterocycles. The molecule has 0 aromatic carbocycles. The number of rotatable bonds is 1. The maximum absolute atomic E-state index is 9.14. The van der Waals surface area contributed by atoms with Crippen molar-refractivity contribution in [1.29, 1.82) is 0 Å². The zero-order chi connectivity index (χ0) is 6.99. The molecule has 6 heteroatoms. The Balaban J connectivity index is -0.0000000800. The fraction of sp³-hybridized carbons (Fsp3) is 0.